The largest absolute Gasteiger partial charge is 0.508 e. The van der Waals surface area contributed by atoms with Crippen LogP contribution in [0.25, 0.3) is 0 Å². The lowest BCUT2D eigenvalue weighted by molar-refractivity contribution is 0.0210. The third kappa shape index (κ3) is 1.88. The lowest BCUT2D eigenvalue weighted by atomic mass is 9.52. The van der Waals surface area contributed by atoms with Gasteiger partial charge in [0.15, 0.2) is 0 Å². The van der Waals surface area contributed by atoms with Crippen molar-refractivity contribution in [2.24, 2.45) is 5.41 Å². The standard InChI is InChI=1S/C17H25NO/c1-16-8-7-15(18(3)4)17(2,11-16)10-12-5-6-13(19)9-14(12)16/h5-6,9,15,19H,7-8,10-11H2,1-4H3/t15?,16-,17-/m1/s1. The Hall–Kier alpha value is -1.02. The van der Waals surface area contributed by atoms with E-state index < -0.39 is 0 Å². The number of fused-ring (bicyclic) bond motifs is 4. The third-order valence-electron chi connectivity index (χ3n) is 5.53. The SMILES string of the molecule is CN(C)C1CC[C@]2(C)C[C@@]1(C)Cc1ccc(O)cc12. The minimum Gasteiger partial charge on any atom is -0.508 e. The lowest BCUT2D eigenvalue weighted by Crippen LogP contribution is -2.54. The van der Waals surface area contributed by atoms with Crippen molar-refractivity contribution in [2.75, 3.05) is 14.1 Å². The van der Waals surface area contributed by atoms with Crippen LogP contribution in [-0.4, -0.2) is 30.1 Å². The van der Waals surface area contributed by atoms with Gasteiger partial charge in [0, 0.05) is 6.04 Å². The molecule has 0 radical (unpaired) electrons. The molecule has 1 N–H and O–H groups in total. The molecule has 104 valence electrons. The molecular weight excluding hydrogens is 234 g/mol. The molecule has 1 fully saturated rings. The van der Waals surface area contributed by atoms with Crippen LogP contribution in [0, 0.1) is 5.41 Å². The molecule has 19 heavy (non-hydrogen) atoms. The molecular formula is C17H25NO. The first kappa shape index (κ1) is 13.0. The first-order valence-corrected chi connectivity index (χ1v) is 7.33. The molecule has 0 spiro atoms. The Labute approximate surface area is 116 Å². The fourth-order valence-corrected chi connectivity index (χ4v) is 4.91. The van der Waals surface area contributed by atoms with Crippen LogP contribution >= 0.6 is 0 Å². The predicted octanol–water partition coefficient (Wildman–Crippen LogP) is 3.33. The Morgan fingerprint density at radius 2 is 2.00 bits per heavy atom. The molecule has 1 aromatic carbocycles. The van der Waals surface area contributed by atoms with E-state index in [0.717, 1.165) is 6.42 Å². The number of hydrogen-bond acceptors (Lipinski definition) is 2. The molecule has 0 aromatic heterocycles. The van der Waals surface area contributed by atoms with Gasteiger partial charge in [-0.15, -0.1) is 0 Å². The number of phenols is 1. The van der Waals surface area contributed by atoms with Crippen LogP contribution in [0.4, 0.5) is 0 Å². The summed E-state index contributed by atoms with van der Waals surface area (Å²) in [5, 5.41) is 9.80. The van der Waals surface area contributed by atoms with Crippen LogP contribution in [0.5, 0.6) is 5.75 Å². The number of nitrogens with zero attached hydrogens (tertiary/aromatic N) is 1. The summed E-state index contributed by atoms with van der Waals surface area (Å²) in [5.41, 5.74) is 3.44. The lowest BCUT2D eigenvalue weighted by Gasteiger charge is -2.56. The van der Waals surface area contributed by atoms with Crippen LogP contribution in [0.15, 0.2) is 18.2 Å². The highest BCUT2D eigenvalue weighted by Crippen LogP contribution is 2.55. The first-order chi connectivity index (χ1) is 8.84. The second-order valence-electron chi connectivity index (χ2n) is 7.43. The van der Waals surface area contributed by atoms with Gasteiger partial charge in [-0.2, -0.15) is 0 Å². The van der Waals surface area contributed by atoms with E-state index >= 15 is 0 Å². The maximum atomic E-state index is 9.80. The molecule has 1 unspecified atom stereocenters. The Morgan fingerprint density at radius 1 is 1.26 bits per heavy atom. The van der Waals surface area contributed by atoms with Gasteiger partial charge in [0.05, 0.1) is 0 Å². The van der Waals surface area contributed by atoms with Crippen molar-refractivity contribution in [3.8, 4) is 5.75 Å². The Kier molecular flexibility index (Phi) is 2.72. The summed E-state index contributed by atoms with van der Waals surface area (Å²) in [6.07, 6.45) is 4.86. The van der Waals surface area contributed by atoms with E-state index in [0.29, 0.717) is 17.2 Å². The van der Waals surface area contributed by atoms with Crippen molar-refractivity contribution >= 4 is 0 Å². The minimum atomic E-state index is 0.244. The zero-order chi connectivity index (χ0) is 13.8. The molecule has 0 amide bonds. The van der Waals surface area contributed by atoms with Crippen molar-refractivity contribution in [2.45, 2.75) is 51.0 Å². The number of aromatic hydroxyl groups is 1. The number of benzene rings is 1. The van der Waals surface area contributed by atoms with Gasteiger partial charge in [-0.3, -0.25) is 0 Å². The molecule has 0 heterocycles. The predicted molar refractivity (Wildman–Crippen MR) is 78.6 cm³/mol. The van der Waals surface area contributed by atoms with Gasteiger partial charge < -0.3 is 10.0 Å². The van der Waals surface area contributed by atoms with E-state index in [9.17, 15) is 5.11 Å². The highest BCUT2D eigenvalue weighted by molar-refractivity contribution is 5.44. The molecule has 3 atom stereocenters. The summed E-state index contributed by atoms with van der Waals surface area (Å²) in [6, 6.07) is 6.66. The second-order valence-corrected chi connectivity index (χ2v) is 7.43. The quantitative estimate of drug-likeness (QED) is 0.836. The minimum absolute atomic E-state index is 0.244. The van der Waals surface area contributed by atoms with Crippen molar-refractivity contribution in [1.29, 1.82) is 0 Å². The monoisotopic (exact) mass is 259 g/mol. The van der Waals surface area contributed by atoms with Crippen LogP contribution in [0.1, 0.15) is 44.2 Å². The van der Waals surface area contributed by atoms with E-state index in [1.807, 2.05) is 12.1 Å². The van der Waals surface area contributed by atoms with Crippen molar-refractivity contribution in [3.05, 3.63) is 29.3 Å². The molecule has 0 saturated heterocycles. The van der Waals surface area contributed by atoms with Gasteiger partial charge in [0.25, 0.3) is 0 Å². The van der Waals surface area contributed by atoms with E-state index in [2.05, 4.69) is 38.9 Å². The highest BCUT2D eigenvalue weighted by atomic mass is 16.3. The molecule has 0 aliphatic heterocycles. The zero-order valence-corrected chi connectivity index (χ0v) is 12.5. The topological polar surface area (TPSA) is 23.5 Å². The van der Waals surface area contributed by atoms with Gasteiger partial charge in [-0.1, -0.05) is 19.9 Å². The van der Waals surface area contributed by atoms with Crippen LogP contribution < -0.4 is 0 Å². The first-order valence-electron chi connectivity index (χ1n) is 7.33. The normalized spacial score (nSPS) is 37.2. The fraction of sp³-hybridized carbons (Fsp3) is 0.647. The van der Waals surface area contributed by atoms with Gasteiger partial charge in [-0.25, -0.2) is 0 Å². The molecule has 2 heteroatoms. The Morgan fingerprint density at radius 3 is 2.68 bits per heavy atom. The maximum absolute atomic E-state index is 9.80. The molecule has 2 aliphatic rings. The summed E-state index contributed by atoms with van der Waals surface area (Å²) in [4.78, 5) is 2.41. The van der Waals surface area contributed by atoms with Crippen molar-refractivity contribution in [1.82, 2.24) is 4.90 Å². The zero-order valence-electron chi connectivity index (χ0n) is 12.5. The van der Waals surface area contributed by atoms with E-state index in [1.165, 1.54) is 30.4 Å². The van der Waals surface area contributed by atoms with Crippen LogP contribution in [0.3, 0.4) is 0 Å². The Bertz CT molecular complexity index is 510. The maximum Gasteiger partial charge on any atom is 0.115 e. The molecule has 3 rings (SSSR count). The number of rotatable bonds is 1. The highest BCUT2D eigenvalue weighted by Gasteiger charge is 2.50. The average Bonchev–Trinajstić information content (AvgIpc) is 2.29. The summed E-state index contributed by atoms with van der Waals surface area (Å²) < 4.78 is 0. The van der Waals surface area contributed by atoms with Gasteiger partial charge in [0.1, 0.15) is 5.75 Å². The summed E-state index contributed by atoms with van der Waals surface area (Å²) in [7, 11) is 4.43. The number of hydrogen-bond donors (Lipinski definition) is 1. The van der Waals surface area contributed by atoms with Gasteiger partial charge in [-0.05, 0) is 73.9 Å². The summed E-state index contributed by atoms with van der Waals surface area (Å²) >= 11 is 0. The van der Waals surface area contributed by atoms with Crippen LogP contribution in [0.2, 0.25) is 0 Å². The van der Waals surface area contributed by atoms with Crippen molar-refractivity contribution in [3.63, 3.8) is 0 Å². The summed E-state index contributed by atoms with van der Waals surface area (Å²) in [6.45, 7) is 4.83. The van der Waals surface area contributed by atoms with E-state index in [1.54, 1.807) is 0 Å². The summed E-state index contributed by atoms with van der Waals surface area (Å²) in [5.74, 6) is 0.415. The smallest absolute Gasteiger partial charge is 0.115 e. The Balaban J connectivity index is 2.09. The van der Waals surface area contributed by atoms with Crippen LogP contribution in [-0.2, 0) is 11.8 Å². The molecule has 2 aliphatic carbocycles. The van der Waals surface area contributed by atoms with Crippen molar-refractivity contribution < 1.29 is 5.11 Å². The van der Waals surface area contributed by atoms with Gasteiger partial charge >= 0.3 is 0 Å². The second kappa shape index (κ2) is 3.99. The number of phenolic OH excluding ortho intramolecular Hbond substituents is 1. The van der Waals surface area contributed by atoms with Gasteiger partial charge in [0.2, 0.25) is 0 Å². The molecule has 1 saturated carbocycles. The van der Waals surface area contributed by atoms with E-state index in [4.69, 9.17) is 0 Å². The fourth-order valence-electron chi connectivity index (χ4n) is 4.91. The third-order valence-corrected chi connectivity index (χ3v) is 5.53. The molecule has 2 bridgehead atoms. The molecule has 2 nitrogen and oxygen atoms in total. The van der Waals surface area contributed by atoms with E-state index in [-0.39, 0.29) is 5.41 Å². The molecule has 1 aromatic rings. The average molecular weight is 259 g/mol.